The lowest BCUT2D eigenvalue weighted by Crippen LogP contribution is -2.16. The third-order valence-corrected chi connectivity index (χ3v) is 6.22. The molecule has 1 heterocycles. The summed E-state index contributed by atoms with van der Waals surface area (Å²) in [6.07, 6.45) is 5.82. The van der Waals surface area contributed by atoms with Crippen LogP contribution in [0.4, 0.5) is 4.39 Å². The number of thioether (sulfide) groups is 1. The van der Waals surface area contributed by atoms with Crippen LogP contribution in [0.15, 0.2) is 46.3 Å². The van der Waals surface area contributed by atoms with Gasteiger partial charge in [-0.3, -0.25) is 4.79 Å². The van der Waals surface area contributed by atoms with Crippen LogP contribution in [0.25, 0.3) is 10.2 Å². The van der Waals surface area contributed by atoms with Crippen molar-refractivity contribution in [3.05, 3.63) is 58.1 Å². The van der Waals surface area contributed by atoms with E-state index in [4.69, 9.17) is 6.42 Å². The Morgan fingerprint density at radius 3 is 2.67 bits per heavy atom. The second kappa shape index (κ2) is 8.55. The van der Waals surface area contributed by atoms with Crippen LogP contribution in [-0.4, -0.2) is 16.2 Å². The van der Waals surface area contributed by atoms with E-state index in [9.17, 15) is 9.18 Å². The number of hydrogen-bond acceptors (Lipinski definition) is 3. The number of amides is 1. The fraction of sp³-hybridized carbons (Fsp3) is 0.238. The predicted octanol–water partition coefficient (Wildman–Crippen LogP) is 4.70. The molecule has 3 aromatic rings. The van der Waals surface area contributed by atoms with E-state index in [0.717, 1.165) is 15.1 Å². The second-order valence-corrected chi connectivity index (χ2v) is 8.31. The highest BCUT2D eigenvalue weighted by Gasteiger charge is 2.09. The second-order valence-electron chi connectivity index (χ2n) is 6.14. The van der Waals surface area contributed by atoms with E-state index < -0.39 is 0 Å². The number of rotatable bonds is 5. The normalized spacial score (nSPS) is 11.7. The lowest BCUT2D eigenvalue weighted by atomic mass is 10.1. The maximum Gasteiger partial charge on any atom is 0.249 e. The fourth-order valence-electron chi connectivity index (χ4n) is 2.60. The van der Waals surface area contributed by atoms with Crippen LogP contribution in [0.3, 0.4) is 0 Å². The Hall–Kier alpha value is -2.36. The van der Waals surface area contributed by atoms with E-state index in [1.54, 1.807) is 12.1 Å². The molecule has 0 aliphatic heterocycles. The number of nitrogens with zero attached hydrogens (tertiary/aromatic N) is 2. The van der Waals surface area contributed by atoms with Crippen LogP contribution in [0.1, 0.15) is 17.5 Å². The minimum absolute atomic E-state index is 0.185. The molecule has 3 rings (SSSR count). The third kappa shape index (κ3) is 4.68. The molecular weight excluding hydrogens is 379 g/mol. The average molecular weight is 399 g/mol. The molecule has 138 valence electrons. The maximum atomic E-state index is 12.9. The largest absolute Gasteiger partial charge is 0.305 e. The molecule has 3 nitrogen and oxygen atoms in total. The quantitative estimate of drug-likeness (QED) is 0.461. The lowest BCUT2D eigenvalue weighted by molar-refractivity contribution is -0.117. The van der Waals surface area contributed by atoms with Crippen molar-refractivity contribution in [1.29, 1.82) is 0 Å². The number of aryl methyl sites for hydroxylation is 2. The highest BCUT2D eigenvalue weighted by molar-refractivity contribution is 7.99. The van der Waals surface area contributed by atoms with Crippen LogP contribution in [-0.2, 0) is 11.3 Å². The van der Waals surface area contributed by atoms with Gasteiger partial charge in [-0.05, 0) is 61.4 Å². The van der Waals surface area contributed by atoms with Gasteiger partial charge in [-0.15, -0.1) is 18.2 Å². The van der Waals surface area contributed by atoms with E-state index in [1.165, 1.54) is 46.4 Å². The summed E-state index contributed by atoms with van der Waals surface area (Å²) in [6, 6.07) is 10.4. The molecule has 2 aromatic carbocycles. The van der Waals surface area contributed by atoms with Gasteiger partial charge in [0.25, 0.3) is 0 Å². The zero-order valence-electron chi connectivity index (χ0n) is 15.2. The van der Waals surface area contributed by atoms with Gasteiger partial charge in [-0.1, -0.05) is 17.3 Å². The molecule has 0 fully saturated rings. The number of hydrogen-bond donors (Lipinski definition) is 0. The Labute approximate surface area is 166 Å². The van der Waals surface area contributed by atoms with Gasteiger partial charge in [0.15, 0.2) is 4.80 Å². The van der Waals surface area contributed by atoms with E-state index in [-0.39, 0.29) is 11.7 Å². The SMILES string of the molecule is C#CCn1c(=NC(=O)CCSc2ccc(F)cc2)sc2cc(C)c(C)cc21. The number of aromatic nitrogens is 1. The highest BCUT2D eigenvalue weighted by Crippen LogP contribution is 2.22. The Morgan fingerprint density at radius 2 is 1.96 bits per heavy atom. The van der Waals surface area contributed by atoms with E-state index >= 15 is 0 Å². The van der Waals surface area contributed by atoms with Crippen molar-refractivity contribution in [3.8, 4) is 12.3 Å². The lowest BCUT2D eigenvalue weighted by Gasteiger charge is -2.03. The van der Waals surface area contributed by atoms with Gasteiger partial charge in [-0.2, -0.15) is 4.99 Å². The summed E-state index contributed by atoms with van der Waals surface area (Å²) in [7, 11) is 0. The summed E-state index contributed by atoms with van der Waals surface area (Å²) in [6.45, 7) is 4.49. The summed E-state index contributed by atoms with van der Waals surface area (Å²) in [5, 5.41) is 0. The number of terminal acetylenes is 1. The monoisotopic (exact) mass is 398 g/mol. The fourth-order valence-corrected chi connectivity index (χ4v) is 4.57. The van der Waals surface area contributed by atoms with Crippen molar-refractivity contribution in [2.75, 3.05) is 5.75 Å². The summed E-state index contributed by atoms with van der Waals surface area (Å²) < 4.78 is 15.9. The summed E-state index contributed by atoms with van der Waals surface area (Å²) in [5.74, 6) is 2.78. The molecule has 0 atom stereocenters. The topological polar surface area (TPSA) is 34.4 Å². The van der Waals surface area contributed by atoms with Crippen LogP contribution in [0.2, 0.25) is 0 Å². The van der Waals surface area contributed by atoms with Crippen molar-refractivity contribution in [2.45, 2.75) is 31.7 Å². The number of carbonyl (C=O) groups excluding carboxylic acids is 1. The highest BCUT2D eigenvalue weighted by atomic mass is 32.2. The zero-order valence-corrected chi connectivity index (χ0v) is 16.8. The minimum atomic E-state index is -0.265. The van der Waals surface area contributed by atoms with Crippen molar-refractivity contribution in [1.82, 2.24) is 4.57 Å². The van der Waals surface area contributed by atoms with Gasteiger partial charge in [0.1, 0.15) is 5.82 Å². The molecule has 0 spiro atoms. The Morgan fingerprint density at radius 1 is 1.26 bits per heavy atom. The molecule has 0 bridgehead atoms. The smallest absolute Gasteiger partial charge is 0.249 e. The van der Waals surface area contributed by atoms with E-state index in [1.807, 2.05) is 4.57 Å². The van der Waals surface area contributed by atoms with Gasteiger partial charge in [0, 0.05) is 17.1 Å². The Balaban J connectivity index is 1.79. The molecule has 1 aromatic heterocycles. The van der Waals surface area contributed by atoms with Gasteiger partial charge in [0.2, 0.25) is 5.91 Å². The maximum absolute atomic E-state index is 12.9. The Kier molecular flexibility index (Phi) is 6.15. The first-order chi connectivity index (χ1) is 13.0. The average Bonchev–Trinajstić information content (AvgIpc) is 2.94. The molecule has 0 aliphatic rings. The summed E-state index contributed by atoms with van der Waals surface area (Å²) in [4.78, 5) is 18.2. The first kappa shape index (κ1) is 19.4. The number of fused-ring (bicyclic) bond motifs is 1. The van der Waals surface area contributed by atoms with Crippen molar-refractivity contribution >= 4 is 39.2 Å². The third-order valence-electron chi connectivity index (χ3n) is 4.17. The van der Waals surface area contributed by atoms with Crippen LogP contribution >= 0.6 is 23.1 Å². The number of carbonyl (C=O) groups is 1. The van der Waals surface area contributed by atoms with Gasteiger partial charge in [-0.25, -0.2) is 4.39 Å². The van der Waals surface area contributed by atoms with Crippen molar-refractivity contribution in [3.63, 3.8) is 0 Å². The standard InChI is InChI=1S/C21H19FN2OS2/c1-4-10-24-18-12-14(2)15(3)13-19(18)27-21(24)23-20(25)9-11-26-17-7-5-16(22)6-8-17/h1,5-8,12-13H,9-11H2,2-3H3. The van der Waals surface area contributed by atoms with Gasteiger partial charge in [0.05, 0.1) is 16.8 Å². The molecule has 0 radical (unpaired) electrons. The van der Waals surface area contributed by atoms with E-state index in [2.05, 4.69) is 36.9 Å². The molecule has 6 heteroatoms. The number of thiazole rings is 1. The molecule has 0 unspecified atom stereocenters. The van der Waals surface area contributed by atoms with Gasteiger partial charge >= 0.3 is 0 Å². The molecule has 27 heavy (non-hydrogen) atoms. The molecule has 0 saturated heterocycles. The molecule has 0 N–H and O–H groups in total. The summed E-state index contributed by atoms with van der Waals surface area (Å²) in [5.41, 5.74) is 3.39. The molecule has 0 aliphatic carbocycles. The Bertz CT molecular complexity index is 1090. The number of halogens is 1. The van der Waals surface area contributed by atoms with E-state index in [0.29, 0.717) is 23.5 Å². The predicted molar refractivity (Wildman–Crippen MR) is 110 cm³/mol. The minimum Gasteiger partial charge on any atom is -0.305 e. The molecular formula is C21H19FN2OS2. The summed E-state index contributed by atoms with van der Waals surface area (Å²) >= 11 is 2.99. The molecule has 0 saturated carbocycles. The van der Waals surface area contributed by atoms with Crippen LogP contribution < -0.4 is 4.80 Å². The van der Waals surface area contributed by atoms with Crippen molar-refractivity contribution in [2.24, 2.45) is 4.99 Å². The van der Waals surface area contributed by atoms with Crippen molar-refractivity contribution < 1.29 is 9.18 Å². The van der Waals surface area contributed by atoms with Crippen LogP contribution in [0.5, 0.6) is 0 Å². The van der Waals surface area contributed by atoms with Gasteiger partial charge < -0.3 is 4.57 Å². The first-order valence-corrected chi connectivity index (χ1v) is 10.3. The number of benzene rings is 2. The molecule has 1 amide bonds. The first-order valence-electron chi connectivity index (χ1n) is 8.48. The zero-order chi connectivity index (χ0) is 19.4. The van der Waals surface area contributed by atoms with Crippen LogP contribution in [0, 0.1) is 32.0 Å².